The number of halogens is 1. The molecule has 3 rings (SSSR count). The molecule has 3 amide bonds. The molecule has 7 heteroatoms. The van der Waals surface area contributed by atoms with E-state index in [1.807, 2.05) is 4.90 Å². The minimum atomic E-state index is -0.596. The van der Waals surface area contributed by atoms with Gasteiger partial charge in [0.25, 0.3) is 5.91 Å². The average Bonchev–Trinajstić information content (AvgIpc) is 2.70. The van der Waals surface area contributed by atoms with E-state index in [1.54, 1.807) is 14.2 Å². The first-order valence-corrected chi connectivity index (χ1v) is 7.95. The molecular weight excluding hydrogens is 306 g/mol. The van der Waals surface area contributed by atoms with Gasteiger partial charge in [0.15, 0.2) is 0 Å². The topological polar surface area (TPSA) is 61.9 Å². The zero-order valence-corrected chi connectivity index (χ0v) is 14.2. The Bertz CT molecular complexity index is 432. The van der Waals surface area contributed by atoms with Gasteiger partial charge in [-0.15, -0.1) is 12.4 Å². The van der Waals surface area contributed by atoms with Gasteiger partial charge in [-0.3, -0.25) is 9.69 Å². The number of methoxy groups -OCH3 is 1. The summed E-state index contributed by atoms with van der Waals surface area (Å²) in [7, 11) is 3.37. The highest BCUT2D eigenvalue weighted by molar-refractivity contribution is 6.07. The van der Waals surface area contributed by atoms with E-state index >= 15 is 0 Å². The maximum absolute atomic E-state index is 12.7. The number of nitrogens with one attached hydrogen (secondary N) is 1. The van der Waals surface area contributed by atoms with Gasteiger partial charge in [0.2, 0.25) is 0 Å². The van der Waals surface area contributed by atoms with Crippen molar-refractivity contribution in [1.29, 1.82) is 0 Å². The predicted octanol–water partition coefficient (Wildman–Crippen LogP) is 1.38. The number of imide groups is 1. The van der Waals surface area contributed by atoms with Crippen molar-refractivity contribution < 1.29 is 14.3 Å². The van der Waals surface area contributed by atoms with Gasteiger partial charge in [0, 0.05) is 20.2 Å². The van der Waals surface area contributed by atoms with Gasteiger partial charge >= 0.3 is 6.03 Å². The standard InChI is InChI=1S/C15H25N3O3.ClH/c1-17-13(19)15(7-9-16-10-8-15)18(14(17)20)11-3-5-12(21-2)6-4-11;/h11-12,16H,3-10H2,1-2H3;1H. The summed E-state index contributed by atoms with van der Waals surface area (Å²) in [4.78, 5) is 28.5. The molecule has 6 nitrogen and oxygen atoms in total. The second-order valence-electron chi connectivity index (χ2n) is 6.46. The lowest BCUT2D eigenvalue weighted by atomic mass is 9.83. The van der Waals surface area contributed by atoms with Crippen LogP contribution in [-0.4, -0.2) is 66.7 Å². The number of amides is 3. The Morgan fingerprint density at radius 3 is 2.27 bits per heavy atom. The van der Waals surface area contributed by atoms with Crippen LogP contribution >= 0.6 is 12.4 Å². The zero-order valence-electron chi connectivity index (χ0n) is 13.3. The fraction of sp³-hybridized carbons (Fsp3) is 0.867. The van der Waals surface area contributed by atoms with Crippen LogP contribution in [0.25, 0.3) is 0 Å². The maximum atomic E-state index is 12.7. The average molecular weight is 332 g/mol. The van der Waals surface area contributed by atoms with Crippen LogP contribution < -0.4 is 5.32 Å². The normalized spacial score (nSPS) is 31.5. The van der Waals surface area contributed by atoms with Crippen molar-refractivity contribution in [3.63, 3.8) is 0 Å². The van der Waals surface area contributed by atoms with Crippen LogP contribution in [0.4, 0.5) is 4.79 Å². The van der Waals surface area contributed by atoms with Crippen molar-refractivity contribution in [3.05, 3.63) is 0 Å². The highest BCUT2D eigenvalue weighted by Crippen LogP contribution is 2.40. The van der Waals surface area contributed by atoms with E-state index in [4.69, 9.17) is 4.74 Å². The number of nitrogens with zero attached hydrogens (tertiary/aromatic N) is 2. The van der Waals surface area contributed by atoms with Gasteiger partial charge < -0.3 is 15.0 Å². The Balaban J connectivity index is 0.00000176. The molecule has 2 aliphatic heterocycles. The van der Waals surface area contributed by atoms with Crippen LogP contribution in [-0.2, 0) is 9.53 Å². The third-order valence-electron chi connectivity index (χ3n) is 5.43. The SMILES string of the molecule is COC1CCC(N2C(=O)N(C)C(=O)C23CCNCC3)CC1.Cl. The molecule has 2 saturated heterocycles. The predicted molar refractivity (Wildman–Crippen MR) is 85.1 cm³/mol. The first kappa shape index (κ1) is 17.5. The zero-order chi connectivity index (χ0) is 15.0. The summed E-state index contributed by atoms with van der Waals surface area (Å²) in [6, 6.07) is 0.0682. The highest BCUT2D eigenvalue weighted by Gasteiger charge is 2.58. The van der Waals surface area contributed by atoms with Crippen LogP contribution in [0, 0.1) is 0 Å². The Kier molecular flexibility index (Phi) is 5.35. The number of ether oxygens (including phenoxy) is 1. The van der Waals surface area contributed by atoms with Crippen LogP contribution in [0.15, 0.2) is 0 Å². The van der Waals surface area contributed by atoms with E-state index in [2.05, 4.69) is 5.32 Å². The first-order chi connectivity index (χ1) is 10.1. The summed E-state index contributed by atoms with van der Waals surface area (Å²) in [6.45, 7) is 1.60. The quantitative estimate of drug-likeness (QED) is 0.777. The van der Waals surface area contributed by atoms with Gasteiger partial charge in [0.1, 0.15) is 5.54 Å². The van der Waals surface area contributed by atoms with Crippen molar-refractivity contribution in [1.82, 2.24) is 15.1 Å². The number of carbonyl (C=O) groups excluding carboxylic acids is 2. The molecule has 0 aromatic carbocycles. The number of hydrogen-bond acceptors (Lipinski definition) is 4. The number of piperidine rings is 1. The van der Waals surface area contributed by atoms with E-state index in [0.29, 0.717) is 6.10 Å². The van der Waals surface area contributed by atoms with Crippen molar-refractivity contribution in [2.45, 2.75) is 56.2 Å². The molecule has 0 bridgehead atoms. The second kappa shape index (κ2) is 6.72. The molecule has 1 spiro atoms. The Labute approximate surface area is 137 Å². The van der Waals surface area contributed by atoms with Gasteiger partial charge in [-0.05, 0) is 51.6 Å². The first-order valence-electron chi connectivity index (χ1n) is 7.95. The number of rotatable bonds is 2. The van der Waals surface area contributed by atoms with Gasteiger partial charge in [-0.2, -0.15) is 0 Å². The largest absolute Gasteiger partial charge is 0.381 e. The summed E-state index contributed by atoms with van der Waals surface area (Å²) >= 11 is 0. The molecule has 22 heavy (non-hydrogen) atoms. The molecule has 3 fully saturated rings. The minimum Gasteiger partial charge on any atom is -0.381 e. The lowest BCUT2D eigenvalue weighted by molar-refractivity contribution is -0.134. The molecule has 0 atom stereocenters. The maximum Gasteiger partial charge on any atom is 0.327 e. The molecule has 126 valence electrons. The molecule has 1 aliphatic carbocycles. The summed E-state index contributed by atoms with van der Waals surface area (Å²) in [5, 5.41) is 3.30. The summed E-state index contributed by atoms with van der Waals surface area (Å²) in [6.07, 6.45) is 5.56. The van der Waals surface area contributed by atoms with Crippen LogP contribution in [0.1, 0.15) is 38.5 Å². The molecule has 2 heterocycles. The van der Waals surface area contributed by atoms with Crippen LogP contribution in [0.5, 0.6) is 0 Å². The number of urea groups is 1. The summed E-state index contributed by atoms with van der Waals surface area (Å²) in [5.41, 5.74) is -0.596. The fourth-order valence-corrected chi connectivity index (χ4v) is 4.19. The van der Waals surface area contributed by atoms with Crippen molar-refractivity contribution in [3.8, 4) is 0 Å². The number of carbonyl (C=O) groups is 2. The molecular formula is C15H26ClN3O3. The molecule has 1 N–H and O–H groups in total. The lowest BCUT2D eigenvalue weighted by Crippen LogP contribution is -2.59. The van der Waals surface area contributed by atoms with Crippen LogP contribution in [0.3, 0.4) is 0 Å². The van der Waals surface area contributed by atoms with Gasteiger partial charge in [-0.25, -0.2) is 4.79 Å². The highest BCUT2D eigenvalue weighted by atomic mass is 35.5. The van der Waals surface area contributed by atoms with Crippen LogP contribution in [0.2, 0.25) is 0 Å². The van der Waals surface area contributed by atoms with Gasteiger partial charge in [-0.1, -0.05) is 0 Å². The van der Waals surface area contributed by atoms with Crippen molar-refractivity contribution in [2.75, 3.05) is 27.2 Å². The fourth-order valence-electron chi connectivity index (χ4n) is 4.19. The van der Waals surface area contributed by atoms with E-state index in [1.165, 1.54) is 4.90 Å². The Hall–Kier alpha value is -0.850. The Morgan fingerprint density at radius 1 is 1.14 bits per heavy atom. The van der Waals surface area contributed by atoms with E-state index in [9.17, 15) is 9.59 Å². The van der Waals surface area contributed by atoms with Crippen molar-refractivity contribution >= 4 is 24.3 Å². The third kappa shape index (κ3) is 2.61. The number of likely N-dealkylation sites (N-methyl/N-ethyl adjacent to an activating group) is 1. The number of hydrogen-bond donors (Lipinski definition) is 1. The van der Waals surface area contributed by atoms with Crippen molar-refractivity contribution in [2.24, 2.45) is 0 Å². The summed E-state index contributed by atoms with van der Waals surface area (Å²) < 4.78 is 5.42. The second-order valence-corrected chi connectivity index (χ2v) is 6.46. The molecule has 0 aromatic rings. The molecule has 3 aliphatic rings. The lowest BCUT2D eigenvalue weighted by Gasteiger charge is -2.44. The molecule has 0 radical (unpaired) electrons. The molecule has 0 unspecified atom stereocenters. The van der Waals surface area contributed by atoms with Gasteiger partial charge in [0.05, 0.1) is 6.10 Å². The summed E-state index contributed by atoms with van der Waals surface area (Å²) in [5.74, 6) is -0.0112. The van der Waals surface area contributed by atoms with E-state index < -0.39 is 5.54 Å². The molecule has 0 aromatic heterocycles. The smallest absolute Gasteiger partial charge is 0.327 e. The minimum absolute atomic E-state index is 0. The van der Waals surface area contributed by atoms with E-state index in [-0.39, 0.29) is 30.4 Å². The van der Waals surface area contributed by atoms with E-state index in [0.717, 1.165) is 51.6 Å². The monoisotopic (exact) mass is 331 g/mol. The third-order valence-corrected chi connectivity index (χ3v) is 5.43. The Morgan fingerprint density at radius 2 is 1.73 bits per heavy atom. The molecule has 1 saturated carbocycles.